The van der Waals surface area contributed by atoms with Gasteiger partial charge in [-0.3, -0.25) is 9.89 Å². The van der Waals surface area contributed by atoms with E-state index in [-0.39, 0.29) is 5.91 Å². The monoisotopic (exact) mass is 263 g/mol. The van der Waals surface area contributed by atoms with Crippen LogP contribution in [-0.2, 0) is 6.42 Å². The molecule has 2 N–H and O–H groups in total. The molecule has 0 aliphatic heterocycles. The van der Waals surface area contributed by atoms with Crippen LogP contribution in [0.4, 0.5) is 5.82 Å². The molecule has 0 radical (unpaired) electrons. The number of nitrogens with zero attached hydrogens (tertiary/aromatic N) is 1. The Labute approximate surface area is 110 Å². The van der Waals surface area contributed by atoms with Crippen LogP contribution in [0, 0.1) is 0 Å². The predicted molar refractivity (Wildman–Crippen MR) is 72.0 cm³/mol. The average Bonchev–Trinajstić information content (AvgIpc) is 2.77. The summed E-state index contributed by atoms with van der Waals surface area (Å²) >= 11 is 5.95. The molecule has 1 heterocycles. The van der Waals surface area contributed by atoms with Crippen LogP contribution in [0.3, 0.4) is 0 Å². The molecule has 0 spiro atoms. The fraction of sp³-hybridized carbons (Fsp3) is 0.231. The average molecular weight is 264 g/mol. The maximum Gasteiger partial charge on any atom is 0.258 e. The molecule has 0 saturated carbocycles. The molecule has 4 nitrogen and oxygen atoms in total. The molecule has 0 aliphatic rings. The number of nitrogens with one attached hydrogen (secondary N) is 2. The first-order valence-electron chi connectivity index (χ1n) is 5.81. The van der Waals surface area contributed by atoms with Crippen molar-refractivity contribution in [3.05, 3.63) is 46.6 Å². The minimum Gasteiger partial charge on any atom is -0.305 e. The Balaban J connectivity index is 2.09. The van der Waals surface area contributed by atoms with Crippen molar-refractivity contribution < 1.29 is 4.79 Å². The topological polar surface area (TPSA) is 57.8 Å². The predicted octanol–water partition coefficient (Wildman–Crippen LogP) is 3.27. The van der Waals surface area contributed by atoms with E-state index in [1.807, 2.05) is 6.07 Å². The summed E-state index contributed by atoms with van der Waals surface area (Å²) in [7, 11) is 0. The number of halogens is 1. The Kier molecular flexibility index (Phi) is 3.99. The molecule has 0 fully saturated rings. The Morgan fingerprint density at radius 3 is 2.94 bits per heavy atom. The zero-order valence-corrected chi connectivity index (χ0v) is 10.8. The standard InChI is InChI=1S/C13H14ClN3O/c1-2-5-9-8-12(17-16-9)15-13(18)10-6-3-4-7-11(10)14/h3-4,6-8H,2,5H2,1H3,(H2,15,16,17,18). The first-order valence-corrected chi connectivity index (χ1v) is 6.18. The first kappa shape index (κ1) is 12.6. The van der Waals surface area contributed by atoms with Crippen LogP contribution >= 0.6 is 11.6 Å². The van der Waals surface area contributed by atoms with Gasteiger partial charge in [0.1, 0.15) is 0 Å². The fourth-order valence-corrected chi connectivity index (χ4v) is 1.87. The van der Waals surface area contributed by atoms with Gasteiger partial charge in [-0.25, -0.2) is 0 Å². The lowest BCUT2D eigenvalue weighted by molar-refractivity contribution is 0.102. The van der Waals surface area contributed by atoms with Gasteiger partial charge in [0.2, 0.25) is 0 Å². The maximum absolute atomic E-state index is 12.0. The third-order valence-electron chi connectivity index (χ3n) is 2.51. The normalized spacial score (nSPS) is 10.3. The molecule has 18 heavy (non-hydrogen) atoms. The number of benzene rings is 1. The number of hydrogen-bond donors (Lipinski definition) is 2. The van der Waals surface area contributed by atoms with E-state index in [0.29, 0.717) is 16.4 Å². The Bertz CT molecular complexity index is 551. The van der Waals surface area contributed by atoms with Gasteiger partial charge >= 0.3 is 0 Å². The molecular weight excluding hydrogens is 250 g/mol. The van der Waals surface area contributed by atoms with Crippen molar-refractivity contribution in [3.63, 3.8) is 0 Å². The number of carbonyl (C=O) groups excluding carboxylic acids is 1. The van der Waals surface area contributed by atoms with Crippen molar-refractivity contribution in [3.8, 4) is 0 Å². The van der Waals surface area contributed by atoms with E-state index in [1.54, 1.807) is 24.3 Å². The second-order valence-corrected chi connectivity index (χ2v) is 4.37. The molecule has 1 aromatic heterocycles. The number of amides is 1. The number of rotatable bonds is 4. The van der Waals surface area contributed by atoms with Gasteiger partial charge in [-0.05, 0) is 18.6 Å². The van der Waals surface area contributed by atoms with Crippen LogP contribution in [-0.4, -0.2) is 16.1 Å². The largest absolute Gasteiger partial charge is 0.305 e. The summed E-state index contributed by atoms with van der Waals surface area (Å²) in [5.41, 5.74) is 1.45. The molecule has 1 amide bonds. The molecule has 0 atom stereocenters. The van der Waals surface area contributed by atoms with Gasteiger partial charge in [-0.15, -0.1) is 0 Å². The van der Waals surface area contributed by atoms with E-state index < -0.39 is 0 Å². The number of hydrogen-bond acceptors (Lipinski definition) is 2. The van der Waals surface area contributed by atoms with Crippen molar-refractivity contribution in [1.29, 1.82) is 0 Å². The van der Waals surface area contributed by atoms with Gasteiger partial charge < -0.3 is 5.32 Å². The van der Waals surface area contributed by atoms with Crippen molar-refractivity contribution in [1.82, 2.24) is 10.2 Å². The molecule has 1 aromatic carbocycles. The van der Waals surface area contributed by atoms with E-state index in [0.717, 1.165) is 18.5 Å². The van der Waals surface area contributed by atoms with Crippen molar-refractivity contribution in [2.45, 2.75) is 19.8 Å². The molecule has 0 unspecified atom stereocenters. The van der Waals surface area contributed by atoms with E-state index >= 15 is 0 Å². The maximum atomic E-state index is 12.0. The Hall–Kier alpha value is -1.81. The highest BCUT2D eigenvalue weighted by Gasteiger charge is 2.11. The van der Waals surface area contributed by atoms with Crippen LogP contribution in [0.25, 0.3) is 0 Å². The molecule has 0 saturated heterocycles. The number of aryl methyl sites for hydroxylation is 1. The highest BCUT2D eigenvalue weighted by molar-refractivity contribution is 6.34. The van der Waals surface area contributed by atoms with Crippen LogP contribution in [0.1, 0.15) is 29.4 Å². The quantitative estimate of drug-likeness (QED) is 0.889. The second kappa shape index (κ2) is 5.69. The van der Waals surface area contributed by atoms with Crippen LogP contribution in [0.15, 0.2) is 30.3 Å². The smallest absolute Gasteiger partial charge is 0.258 e. The zero-order chi connectivity index (χ0) is 13.0. The number of aromatic nitrogens is 2. The molecule has 0 bridgehead atoms. The number of H-pyrrole nitrogens is 1. The van der Waals surface area contributed by atoms with Crippen LogP contribution in [0.2, 0.25) is 5.02 Å². The van der Waals surface area contributed by atoms with Gasteiger partial charge in [-0.1, -0.05) is 37.1 Å². The summed E-state index contributed by atoms with van der Waals surface area (Å²) in [5, 5.41) is 10.1. The van der Waals surface area contributed by atoms with Crippen molar-refractivity contribution in [2.24, 2.45) is 0 Å². The van der Waals surface area contributed by atoms with E-state index in [1.165, 1.54) is 0 Å². The third kappa shape index (κ3) is 2.90. The highest BCUT2D eigenvalue weighted by atomic mass is 35.5. The van der Waals surface area contributed by atoms with Crippen molar-refractivity contribution in [2.75, 3.05) is 5.32 Å². The van der Waals surface area contributed by atoms with Crippen LogP contribution < -0.4 is 5.32 Å². The molecule has 0 aliphatic carbocycles. The zero-order valence-electron chi connectivity index (χ0n) is 10.0. The molecule has 2 aromatic rings. The summed E-state index contributed by atoms with van der Waals surface area (Å²) in [6, 6.07) is 8.75. The Morgan fingerprint density at radius 2 is 2.22 bits per heavy atom. The van der Waals surface area contributed by atoms with E-state index in [4.69, 9.17) is 11.6 Å². The number of aromatic amines is 1. The Morgan fingerprint density at radius 1 is 1.44 bits per heavy atom. The summed E-state index contributed by atoms with van der Waals surface area (Å²) in [4.78, 5) is 12.0. The molecule has 94 valence electrons. The van der Waals surface area contributed by atoms with E-state index in [9.17, 15) is 4.79 Å². The van der Waals surface area contributed by atoms with Gasteiger partial charge in [0.25, 0.3) is 5.91 Å². The van der Waals surface area contributed by atoms with E-state index in [2.05, 4.69) is 22.4 Å². The lowest BCUT2D eigenvalue weighted by Gasteiger charge is -2.03. The van der Waals surface area contributed by atoms with Gasteiger partial charge in [0, 0.05) is 11.8 Å². The summed E-state index contributed by atoms with van der Waals surface area (Å²) in [5.74, 6) is 0.263. The minimum atomic E-state index is -0.254. The SMILES string of the molecule is CCCc1cc(NC(=O)c2ccccc2Cl)n[nH]1. The molecule has 2 rings (SSSR count). The number of carbonyl (C=O) groups is 1. The molecule has 5 heteroatoms. The lowest BCUT2D eigenvalue weighted by Crippen LogP contribution is -2.12. The highest BCUT2D eigenvalue weighted by Crippen LogP contribution is 2.16. The van der Waals surface area contributed by atoms with Gasteiger partial charge in [-0.2, -0.15) is 5.10 Å². The fourth-order valence-electron chi connectivity index (χ4n) is 1.65. The van der Waals surface area contributed by atoms with Crippen LogP contribution in [0.5, 0.6) is 0 Å². The van der Waals surface area contributed by atoms with Crippen molar-refractivity contribution >= 4 is 23.3 Å². The van der Waals surface area contributed by atoms with Gasteiger partial charge in [0.05, 0.1) is 10.6 Å². The first-order chi connectivity index (χ1) is 8.70. The van der Waals surface area contributed by atoms with Gasteiger partial charge in [0.15, 0.2) is 5.82 Å². The number of anilines is 1. The summed E-state index contributed by atoms with van der Waals surface area (Å²) in [6.45, 7) is 2.09. The molecular formula is C13H14ClN3O. The lowest BCUT2D eigenvalue weighted by atomic mass is 10.2. The third-order valence-corrected chi connectivity index (χ3v) is 2.84. The summed E-state index contributed by atoms with van der Waals surface area (Å²) in [6.07, 6.45) is 1.94. The minimum absolute atomic E-state index is 0.254. The summed E-state index contributed by atoms with van der Waals surface area (Å²) < 4.78 is 0. The second-order valence-electron chi connectivity index (χ2n) is 3.96.